The lowest BCUT2D eigenvalue weighted by atomic mass is 10.2. The van der Waals surface area contributed by atoms with E-state index in [1.807, 2.05) is 0 Å². The van der Waals surface area contributed by atoms with Gasteiger partial charge in [0.25, 0.3) is 5.91 Å². The van der Waals surface area contributed by atoms with Gasteiger partial charge in [0.15, 0.2) is 0 Å². The van der Waals surface area contributed by atoms with Gasteiger partial charge in [-0.15, -0.1) is 0 Å². The van der Waals surface area contributed by atoms with Gasteiger partial charge in [-0.1, -0.05) is 12.2 Å². The summed E-state index contributed by atoms with van der Waals surface area (Å²) in [5, 5.41) is 0. The Labute approximate surface area is 80.2 Å². The van der Waals surface area contributed by atoms with E-state index in [0.717, 1.165) is 0 Å². The van der Waals surface area contributed by atoms with Crippen molar-refractivity contribution < 1.29 is 9.21 Å². The summed E-state index contributed by atoms with van der Waals surface area (Å²) in [6.45, 7) is 0. The highest BCUT2D eigenvalue weighted by atomic mass is 32.1. The largest absolute Gasteiger partial charge is 0.465 e. The fourth-order valence-corrected chi connectivity index (χ4v) is 0.939. The zero-order chi connectivity index (χ0) is 9.84. The lowest BCUT2D eigenvalue weighted by Gasteiger charge is -1.97. The number of amides is 1. The molecule has 0 saturated heterocycles. The predicted molar refractivity (Wildman–Crippen MR) is 52.7 cm³/mol. The average molecular weight is 196 g/mol. The van der Waals surface area contributed by atoms with E-state index in [1.165, 1.54) is 12.3 Å². The fraction of sp³-hybridized carbons (Fsp3) is 0. The molecule has 1 aromatic rings. The number of hydrogen-bond acceptors (Lipinski definition) is 3. The maximum absolute atomic E-state index is 10.8. The molecule has 5 heteroatoms. The van der Waals surface area contributed by atoms with E-state index >= 15 is 0 Å². The van der Waals surface area contributed by atoms with Crippen LogP contribution >= 0.6 is 12.2 Å². The Balaban J connectivity index is 3.01. The lowest BCUT2D eigenvalue weighted by molar-refractivity contribution is -0.114. The summed E-state index contributed by atoms with van der Waals surface area (Å²) >= 11 is 4.63. The molecule has 1 amide bonds. The van der Waals surface area contributed by atoms with Gasteiger partial charge in [0.2, 0.25) is 0 Å². The summed E-state index contributed by atoms with van der Waals surface area (Å²) < 4.78 is 4.96. The minimum absolute atomic E-state index is 0.0381. The van der Waals surface area contributed by atoms with Gasteiger partial charge in [0.1, 0.15) is 10.7 Å². The van der Waals surface area contributed by atoms with Crippen molar-refractivity contribution in [1.82, 2.24) is 0 Å². The minimum Gasteiger partial charge on any atom is -0.465 e. The molecule has 68 valence electrons. The Kier molecular flexibility index (Phi) is 2.81. The number of thiocarbonyl (C=S) groups is 1. The molecule has 13 heavy (non-hydrogen) atoms. The van der Waals surface area contributed by atoms with Gasteiger partial charge in [-0.25, -0.2) is 0 Å². The SMILES string of the molecule is NC(=O)/C(=C/c1ccco1)C(N)=S. The number of hydrogen-bond donors (Lipinski definition) is 2. The molecule has 0 aliphatic carbocycles. The maximum Gasteiger partial charge on any atom is 0.251 e. The van der Waals surface area contributed by atoms with Crippen LogP contribution in [0.5, 0.6) is 0 Å². The van der Waals surface area contributed by atoms with Gasteiger partial charge in [0, 0.05) is 0 Å². The van der Waals surface area contributed by atoms with Crippen molar-refractivity contribution >= 4 is 29.2 Å². The molecule has 0 aliphatic rings. The first-order chi connectivity index (χ1) is 6.11. The van der Waals surface area contributed by atoms with Crippen molar-refractivity contribution in [2.75, 3.05) is 0 Å². The molecule has 0 radical (unpaired) electrons. The first kappa shape index (κ1) is 9.47. The monoisotopic (exact) mass is 196 g/mol. The molecular formula is C8H8N2O2S. The molecule has 0 aliphatic heterocycles. The quantitative estimate of drug-likeness (QED) is 0.542. The van der Waals surface area contributed by atoms with Crippen LogP contribution in [0, 0.1) is 0 Å². The highest BCUT2D eigenvalue weighted by Crippen LogP contribution is 2.07. The van der Waals surface area contributed by atoms with E-state index < -0.39 is 5.91 Å². The van der Waals surface area contributed by atoms with Gasteiger partial charge in [-0.2, -0.15) is 0 Å². The predicted octanol–water partition coefficient (Wildman–Crippen LogP) is 0.434. The fourth-order valence-electron chi connectivity index (χ4n) is 0.779. The smallest absolute Gasteiger partial charge is 0.251 e. The summed E-state index contributed by atoms with van der Waals surface area (Å²) in [5.41, 5.74) is 10.4. The Hall–Kier alpha value is -1.62. The van der Waals surface area contributed by atoms with Crippen LogP contribution in [0.2, 0.25) is 0 Å². The Bertz CT molecular complexity index is 338. The molecule has 0 atom stereocenters. The Morgan fingerprint density at radius 2 is 2.23 bits per heavy atom. The third-order valence-corrected chi connectivity index (χ3v) is 1.58. The standard InChI is InChI=1S/C8H8N2O2S/c9-7(11)6(8(10)13)4-5-2-1-3-12-5/h1-4H,(H2,9,11)(H2,10,13)/b6-4-. The van der Waals surface area contributed by atoms with E-state index in [2.05, 4.69) is 12.2 Å². The number of primary amides is 1. The molecule has 1 heterocycles. The summed E-state index contributed by atoms with van der Waals surface area (Å²) in [6.07, 6.45) is 2.88. The molecule has 0 bridgehead atoms. The Morgan fingerprint density at radius 3 is 2.62 bits per heavy atom. The number of nitrogens with two attached hydrogens (primary N) is 2. The molecule has 0 aromatic carbocycles. The van der Waals surface area contributed by atoms with Crippen molar-refractivity contribution in [2.45, 2.75) is 0 Å². The van der Waals surface area contributed by atoms with Crippen molar-refractivity contribution in [3.8, 4) is 0 Å². The van der Waals surface area contributed by atoms with E-state index in [4.69, 9.17) is 15.9 Å². The number of rotatable bonds is 3. The van der Waals surface area contributed by atoms with Crippen LogP contribution in [0.1, 0.15) is 5.76 Å². The van der Waals surface area contributed by atoms with Crippen LogP contribution in [0.4, 0.5) is 0 Å². The number of furan rings is 1. The third-order valence-electron chi connectivity index (χ3n) is 1.36. The van der Waals surface area contributed by atoms with Gasteiger partial charge in [0.05, 0.1) is 11.8 Å². The van der Waals surface area contributed by atoms with Crippen molar-refractivity contribution in [2.24, 2.45) is 11.5 Å². The van der Waals surface area contributed by atoms with Gasteiger partial charge < -0.3 is 15.9 Å². The van der Waals surface area contributed by atoms with E-state index in [0.29, 0.717) is 5.76 Å². The summed E-state index contributed by atoms with van der Waals surface area (Å²) in [5.74, 6) is -0.175. The van der Waals surface area contributed by atoms with Crippen LogP contribution in [0.3, 0.4) is 0 Å². The second-order valence-electron chi connectivity index (χ2n) is 2.30. The van der Waals surface area contributed by atoms with Crippen molar-refractivity contribution in [3.63, 3.8) is 0 Å². The van der Waals surface area contributed by atoms with Crippen LogP contribution in [0.25, 0.3) is 6.08 Å². The van der Waals surface area contributed by atoms with Gasteiger partial charge in [-0.3, -0.25) is 4.79 Å². The second-order valence-corrected chi connectivity index (χ2v) is 2.74. The average Bonchev–Trinajstić information content (AvgIpc) is 2.50. The summed E-state index contributed by atoms with van der Waals surface area (Å²) in [7, 11) is 0. The van der Waals surface area contributed by atoms with Crippen molar-refractivity contribution in [1.29, 1.82) is 0 Å². The topological polar surface area (TPSA) is 82.2 Å². The summed E-state index contributed by atoms with van der Waals surface area (Å²) in [4.78, 5) is 10.8. The molecule has 0 unspecified atom stereocenters. The van der Waals surface area contributed by atoms with Gasteiger partial charge >= 0.3 is 0 Å². The maximum atomic E-state index is 10.8. The van der Waals surface area contributed by atoms with Gasteiger partial charge in [-0.05, 0) is 18.2 Å². The molecule has 1 rings (SSSR count). The third kappa shape index (κ3) is 2.41. The molecule has 4 N–H and O–H groups in total. The minimum atomic E-state index is -0.663. The second kappa shape index (κ2) is 3.86. The normalized spacial score (nSPS) is 11.2. The molecule has 4 nitrogen and oxygen atoms in total. The molecule has 0 saturated carbocycles. The summed E-state index contributed by atoms with van der Waals surface area (Å²) in [6, 6.07) is 3.35. The van der Waals surface area contributed by atoms with Crippen molar-refractivity contribution in [3.05, 3.63) is 29.7 Å². The molecular weight excluding hydrogens is 188 g/mol. The first-order valence-electron chi connectivity index (χ1n) is 3.46. The van der Waals surface area contributed by atoms with E-state index in [1.54, 1.807) is 12.1 Å². The highest BCUT2D eigenvalue weighted by Gasteiger charge is 2.08. The zero-order valence-electron chi connectivity index (χ0n) is 6.69. The zero-order valence-corrected chi connectivity index (χ0v) is 7.51. The van der Waals surface area contributed by atoms with Crippen LogP contribution < -0.4 is 11.5 Å². The molecule has 0 fully saturated rings. The van der Waals surface area contributed by atoms with E-state index in [9.17, 15) is 4.79 Å². The number of carbonyl (C=O) groups is 1. The lowest BCUT2D eigenvalue weighted by Crippen LogP contribution is -2.24. The highest BCUT2D eigenvalue weighted by molar-refractivity contribution is 7.80. The number of carbonyl (C=O) groups excluding carboxylic acids is 1. The molecule has 0 spiro atoms. The van der Waals surface area contributed by atoms with Crippen LogP contribution in [-0.2, 0) is 4.79 Å². The van der Waals surface area contributed by atoms with Crippen LogP contribution in [0.15, 0.2) is 28.4 Å². The first-order valence-corrected chi connectivity index (χ1v) is 3.87. The van der Waals surface area contributed by atoms with Crippen LogP contribution in [-0.4, -0.2) is 10.9 Å². The van der Waals surface area contributed by atoms with E-state index in [-0.39, 0.29) is 10.6 Å². The Morgan fingerprint density at radius 1 is 1.54 bits per heavy atom. The molecule has 1 aromatic heterocycles.